The smallest absolute Gasteiger partial charge is 0.0464 e. The Morgan fingerprint density at radius 3 is 1.22 bits per heavy atom. The lowest BCUT2D eigenvalue weighted by molar-refractivity contribution is 1.35. The molecule has 0 fully saturated rings. The van der Waals surface area contributed by atoms with Crippen molar-refractivity contribution in [3.05, 3.63) is 0 Å². The maximum absolute atomic E-state index is 3.78. The lowest BCUT2D eigenvalue weighted by Gasteiger charge is -2.07. The molecule has 1 radical (unpaired) electrons. The third-order valence-electron chi connectivity index (χ3n) is 1.34. The minimum absolute atomic E-state index is 0.446. The molecule has 0 aliphatic heterocycles. The van der Waals surface area contributed by atoms with Crippen LogP contribution in [0.1, 0.15) is 20.8 Å². The minimum atomic E-state index is 0.446. The van der Waals surface area contributed by atoms with Gasteiger partial charge in [0, 0.05) is 8.02 Å². The van der Waals surface area contributed by atoms with E-state index in [0.717, 1.165) is 0 Å². The van der Waals surface area contributed by atoms with E-state index in [0.29, 0.717) is 7.92 Å². The molecule has 0 bridgehead atoms. The van der Waals surface area contributed by atoms with E-state index in [1.54, 1.807) is 0 Å². The predicted octanol–water partition coefficient (Wildman–Crippen LogP) is 3.39. The number of rotatable bonds is 3. The average molecular weight is 181 g/mol. The SMILES string of the molecule is CCP(CC)CC.[P]=S. The van der Waals surface area contributed by atoms with Crippen molar-refractivity contribution >= 4 is 27.7 Å². The van der Waals surface area contributed by atoms with Crippen LogP contribution in [-0.4, -0.2) is 18.5 Å². The van der Waals surface area contributed by atoms with Crippen LogP contribution in [0.25, 0.3) is 0 Å². The van der Waals surface area contributed by atoms with Gasteiger partial charge in [-0.1, -0.05) is 20.8 Å². The van der Waals surface area contributed by atoms with Crippen LogP contribution >= 0.6 is 15.9 Å². The zero-order valence-corrected chi connectivity index (χ0v) is 9.03. The molecule has 0 heterocycles. The van der Waals surface area contributed by atoms with Gasteiger partial charge in [-0.05, 0) is 30.3 Å². The largest absolute Gasteiger partial charge is 0.108 e. The van der Waals surface area contributed by atoms with Gasteiger partial charge >= 0.3 is 0 Å². The van der Waals surface area contributed by atoms with E-state index in [4.69, 9.17) is 0 Å². The van der Waals surface area contributed by atoms with Crippen molar-refractivity contribution in [2.24, 2.45) is 0 Å². The van der Waals surface area contributed by atoms with Crippen LogP contribution in [0.2, 0.25) is 0 Å². The molecule has 0 aromatic rings. The van der Waals surface area contributed by atoms with Gasteiger partial charge in [0.2, 0.25) is 0 Å². The molecule has 0 aromatic heterocycles. The highest BCUT2D eigenvalue weighted by Gasteiger charge is 1.94. The third-order valence-corrected chi connectivity index (χ3v) is 4.02. The number of hydrogen-bond donors (Lipinski definition) is 0. The first-order chi connectivity index (χ1) is 4.35. The van der Waals surface area contributed by atoms with E-state index in [-0.39, 0.29) is 0 Å². The molecular weight excluding hydrogens is 166 g/mol. The Hall–Kier alpha value is 0.950. The monoisotopic (exact) mass is 181 g/mol. The maximum Gasteiger partial charge on any atom is 0.0464 e. The summed E-state index contributed by atoms with van der Waals surface area (Å²) >= 11 is 3.78. The molecule has 0 aliphatic carbocycles. The van der Waals surface area contributed by atoms with Crippen LogP contribution in [0.4, 0.5) is 0 Å². The third kappa shape index (κ3) is 8.95. The molecule has 0 atom stereocenters. The van der Waals surface area contributed by atoms with Crippen molar-refractivity contribution in [2.75, 3.05) is 18.5 Å². The molecule has 0 unspecified atom stereocenters. The second-order valence-electron chi connectivity index (χ2n) is 1.62. The van der Waals surface area contributed by atoms with E-state index in [9.17, 15) is 0 Å². The predicted molar refractivity (Wildman–Crippen MR) is 52.8 cm³/mol. The van der Waals surface area contributed by atoms with Gasteiger partial charge < -0.3 is 0 Å². The molecular formula is C6H15P2S. The molecule has 0 aliphatic rings. The maximum atomic E-state index is 3.78. The summed E-state index contributed by atoms with van der Waals surface area (Å²) in [6.45, 7) is 6.87. The van der Waals surface area contributed by atoms with Gasteiger partial charge in [0.05, 0.1) is 0 Å². The molecule has 0 spiro atoms. The average Bonchev–Trinajstić information content (AvgIpc) is 1.96. The van der Waals surface area contributed by atoms with Crippen molar-refractivity contribution < 1.29 is 0 Å². The van der Waals surface area contributed by atoms with Gasteiger partial charge in [0.1, 0.15) is 0 Å². The molecule has 0 aromatic carbocycles. The fourth-order valence-corrected chi connectivity index (χ4v) is 2.01. The molecule has 0 amide bonds. The highest BCUT2D eigenvalue weighted by Crippen LogP contribution is 2.32. The van der Waals surface area contributed by atoms with E-state index in [2.05, 4.69) is 40.6 Å². The normalized spacial score (nSPS) is 8.44. The fourth-order valence-electron chi connectivity index (χ4n) is 0.671. The van der Waals surface area contributed by atoms with Gasteiger partial charge in [-0.25, -0.2) is 0 Å². The Morgan fingerprint density at radius 2 is 1.22 bits per heavy atom. The lowest BCUT2D eigenvalue weighted by Crippen LogP contribution is -1.83. The Morgan fingerprint density at radius 1 is 1.00 bits per heavy atom. The standard InChI is InChI=1S/C6H15P.PS/c1-4-7(5-2)6-3;1-2/h4-6H2,1-3H3;. The van der Waals surface area contributed by atoms with Crippen LogP contribution in [0.3, 0.4) is 0 Å². The van der Waals surface area contributed by atoms with Gasteiger partial charge in [-0.2, -0.15) is 0 Å². The van der Waals surface area contributed by atoms with Crippen LogP contribution in [-0.2, 0) is 11.8 Å². The Bertz CT molecular complexity index is 40.8. The Balaban J connectivity index is 0. The van der Waals surface area contributed by atoms with Crippen molar-refractivity contribution in [1.29, 1.82) is 0 Å². The van der Waals surface area contributed by atoms with Crippen molar-refractivity contribution in [1.82, 2.24) is 0 Å². The molecule has 55 valence electrons. The first kappa shape index (κ1) is 12.6. The minimum Gasteiger partial charge on any atom is -0.108 e. The molecule has 3 heteroatoms. The molecule has 0 nitrogen and oxygen atoms in total. The second-order valence-corrected chi connectivity index (χ2v) is 4.86. The van der Waals surface area contributed by atoms with Crippen LogP contribution in [0.15, 0.2) is 0 Å². The van der Waals surface area contributed by atoms with Crippen molar-refractivity contribution in [2.45, 2.75) is 20.8 Å². The van der Waals surface area contributed by atoms with E-state index >= 15 is 0 Å². The summed E-state index contributed by atoms with van der Waals surface area (Å²) in [7, 11) is 3.56. The second kappa shape index (κ2) is 11.7. The highest BCUT2D eigenvalue weighted by atomic mass is 32.4. The van der Waals surface area contributed by atoms with Crippen molar-refractivity contribution in [3.8, 4) is 0 Å². The van der Waals surface area contributed by atoms with E-state index < -0.39 is 0 Å². The Labute approximate surface area is 67.4 Å². The zero-order chi connectivity index (χ0) is 7.70. The van der Waals surface area contributed by atoms with Crippen molar-refractivity contribution in [3.63, 3.8) is 0 Å². The lowest BCUT2D eigenvalue weighted by atomic mass is 10.9. The van der Waals surface area contributed by atoms with Gasteiger partial charge in [0.25, 0.3) is 0 Å². The quantitative estimate of drug-likeness (QED) is 0.601. The highest BCUT2D eigenvalue weighted by molar-refractivity contribution is 7.88. The summed E-state index contributed by atoms with van der Waals surface area (Å²) < 4.78 is 0. The number of hydrogen-bond acceptors (Lipinski definition) is 1. The Kier molecular flexibility index (Phi) is 16.4. The summed E-state index contributed by atoms with van der Waals surface area (Å²) in [5.41, 5.74) is 0. The van der Waals surface area contributed by atoms with Crippen LogP contribution < -0.4 is 0 Å². The fraction of sp³-hybridized carbons (Fsp3) is 1.00. The summed E-state index contributed by atoms with van der Waals surface area (Å²) in [4.78, 5) is 0. The molecule has 0 saturated heterocycles. The van der Waals surface area contributed by atoms with Gasteiger partial charge in [-0.15, -0.1) is 7.92 Å². The summed E-state index contributed by atoms with van der Waals surface area (Å²) in [5.74, 6) is 0. The molecule has 9 heavy (non-hydrogen) atoms. The molecule has 0 rings (SSSR count). The first-order valence-corrected chi connectivity index (χ1v) is 6.61. The van der Waals surface area contributed by atoms with E-state index in [1.165, 1.54) is 18.5 Å². The summed E-state index contributed by atoms with van der Waals surface area (Å²) in [6.07, 6.45) is 4.26. The van der Waals surface area contributed by atoms with Crippen LogP contribution in [0, 0.1) is 0 Å². The van der Waals surface area contributed by atoms with Gasteiger partial charge in [0.15, 0.2) is 0 Å². The van der Waals surface area contributed by atoms with Crippen LogP contribution in [0.5, 0.6) is 0 Å². The zero-order valence-electron chi connectivity index (χ0n) is 6.42. The topological polar surface area (TPSA) is 0 Å². The summed E-state index contributed by atoms with van der Waals surface area (Å²) in [5, 5.41) is 0. The summed E-state index contributed by atoms with van der Waals surface area (Å²) in [6, 6.07) is 0. The molecule has 0 N–H and O–H groups in total. The molecule has 0 saturated carbocycles. The van der Waals surface area contributed by atoms with Gasteiger partial charge in [-0.3, -0.25) is 0 Å². The first-order valence-electron chi connectivity index (χ1n) is 3.25. The van der Waals surface area contributed by atoms with E-state index in [1.807, 2.05) is 0 Å².